The Morgan fingerprint density at radius 2 is 2.11 bits per heavy atom. The molecule has 1 fully saturated rings. The van der Waals surface area contributed by atoms with Crippen LogP contribution < -0.4 is 10.2 Å². The van der Waals surface area contributed by atoms with Gasteiger partial charge in [0, 0.05) is 63.8 Å². The molecule has 3 heterocycles. The lowest BCUT2D eigenvalue weighted by Crippen LogP contribution is -2.33. The van der Waals surface area contributed by atoms with E-state index >= 15 is 0 Å². The van der Waals surface area contributed by atoms with Gasteiger partial charge in [-0.05, 0) is 33.3 Å². The fraction of sp³-hybridized carbons (Fsp3) is 0.579. The molecule has 1 N–H and O–H groups in total. The molecular formula is C19H29N7O. The van der Waals surface area contributed by atoms with Crippen molar-refractivity contribution in [3.63, 3.8) is 0 Å². The van der Waals surface area contributed by atoms with Crippen LogP contribution in [0, 0.1) is 13.8 Å². The van der Waals surface area contributed by atoms with Crippen LogP contribution in [0.2, 0.25) is 0 Å². The standard InChI is InChI=1S/C19H29N7O/c1-6-26-10-8-15(23-26)11-20-16-7-9-25(12-16)18-13(2)14(3)21-17(22-18)19(27)24(4)5/h8,10,16,20H,6-7,9,11-12H2,1-5H3/t16-/m1/s1. The van der Waals surface area contributed by atoms with Gasteiger partial charge in [0.2, 0.25) is 5.82 Å². The summed E-state index contributed by atoms with van der Waals surface area (Å²) in [4.78, 5) is 25.0. The average molecular weight is 371 g/mol. The lowest BCUT2D eigenvalue weighted by molar-refractivity contribution is 0.0815. The van der Waals surface area contributed by atoms with E-state index < -0.39 is 0 Å². The number of aromatic nitrogens is 4. The number of amides is 1. The first-order chi connectivity index (χ1) is 12.9. The second-order valence-corrected chi connectivity index (χ2v) is 7.26. The zero-order chi connectivity index (χ0) is 19.6. The Morgan fingerprint density at radius 3 is 2.78 bits per heavy atom. The van der Waals surface area contributed by atoms with Crippen molar-refractivity contribution in [3.05, 3.63) is 35.0 Å². The van der Waals surface area contributed by atoms with Crippen LogP contribution in [-0.2, 0) is 13.1 Å². The van der Waals surface area contributed by atoms with Crippen molar-refractivity contribution in [2.75, 3.05) is 32.1 Å². The lowest BCUT2D eigenvalue weighted by Gasteiger charge is -2.22. The zero-order valence-corrected chi connectivity index (χ0v) is 16.9. The maximum atomic E-state index is 12.3. The number of hydrogen-bond acceptors (Lipinski definition) is 6. The van der Waals surface area contributed by atoms with E-state index in [0.717, 1.165) is 55.4 Å². The van der Waals surface area contributed by atoms with E-state index in [4.69, 9.17) is 0 Å². The highest BCUT2D eigenvalue weighted by molar-refractivity contribution is 5.90. The van der Waals surface area contributed by atoms with Crippen LogP contribution in [0.15, 0.2) is 12.3 Å². The third kappa shape index (κ3) is 4.27. The summed E-state index contributed by atoms with van der Waals surface area (Å²) in [5.41, 5.74) is 2.95. The van der Waals surface area contributed by atoms with E-state index in [-0.39, 0.29) is 11.7 Å². The molecule has 0 radical (unpaired) electrons. The van der Waals surface area contributed by atoms with Gasteiger partial charge >= 0.3 is 0 Å². The van der Waals surface area contributed by atoms with E-state index in [1.807, 2.05) is 24.7 Å². The van der Waals surface area contributed by atoms with Crippen molar-refractivity contribution >= 4 is 11.7 Å². The first-order valence-electron chi connectivity index (χ1n) is 9.46. The highest BCUT2D eigenvalue weighted by Gasteiger charge is 2.26. The van der Waals surface area contributed by atoms with Gasteiger partial charge in [0.1, 0.15) is 5.82 Å². The maximum absolute atomic E-state index is 12.3. The third-order valence-electron chi connectivity index (χ3n) is 5.04. The predicted molar refractivity (Wildman–Crippen MR) is 105 cm³/mol. The molecule has 0 unspecified atom stereocenters. The van der Waals surface area contributed by atoms with Crippen LogP contribution in [-0.4, -0.2) is 63.8 Å². The molecule has 146 valence electrons. The molecule has 1 amide bonds. The molecule has 0 aliphatic carbocycles. The smallest absolute Gasteiger partial charge is 0.291 e. The van der Waals surface area contributed by atoms with Crippen LogP contribution in [0.3, 0.4) is 0 Å². The SMILES string of the molecule is CCn1ccc(CN[C@@H]2CCN(c3nc(C(=O)N(C)C)nc(C)c3C)C2)n1. The molecule has 1 aliphatic rings. The van der Waals surface area contributed by atoms with Crippen molar-refractivity contribution in [1.29, 1.82) is 0 Å². The molecule has 8 nitrogen and oxygen atoms in total. The van der Waals surface area contributed by atoms with Gasteiger partial charge in [0.25, 0.3) is 5.91 Å². The van der Waals surface area contributed by atoms with Crippen molar-refractivity contribution in [2.45, 2.75) is 46.3 Å². The molecule has 0 saturated carbocycles. The van der Waals surface area contributed by atoms with E-state index in [0.29, 0.717) is 6.04 Å². The number of anilines is 1. The Bertz CT molecular complexity index is 814. The third-order valence-corrected chi connectivity index (χ3v) is 5.04. The van der Waals surface area contributed by atoms with Crippen LogP contribution in [0.25, 0.3) is 0 Å². The highest BCUT2D eigenvalue weighted by atomic mass is 16.2. The summed E-state index contributed by atoms with van der Waals surface area (Å²) in [5, 5.41) is 8.11. The zero-order valence-electron chi connectivity index (χ0n) is 16.9. The van der Waals surface area contributed by atoms with Crippen molar-refractivity contribution in [3.8, 4) is 0 Å². The summed E-state index contributed by atoms with van der Waals surface area (Å²) in [6, 6.07) is 2.43. The first-order valence-corrected chi connectivity index (χ1v) is 9.46. The largest absolute Gasteiger partial charge is 0.355 e. The quantitative estimate of drug-likeness (QED) is 0.826. The minimum Gasteiger partial charge on any atom is -0.355 e. The normalized spacial score (nSPS) is 16.8. The van der Waals surface area contributed by atoms with Crippen LogP contribution >= 0.6 is 0 Å². The molecule has 1 atom stereocenters. The summed E-state index contributed by atoms with van der Waals surface area (Å²) < 4.78 is 1.94. The van der Waals surface area contributed by atoms with Crippen LogP contribution in [0.4, 0.5) is 5.82 Å². The average Bonchev–Trinajstić information content (AvgIpc) is 3.30. The molecule has 27 heavy (non-hydrogen) atoms. The number of nitrogens with one attached hydrogen (secondary N) is 1. The van der Waals surface area contributed by atoms with Crippen LogP contribution in [0.1, 0.15) is 40.9 Å². The van der Waals surface area contributed by atoms with Crippen molar-refractivity contribution in [1.82, 2.24) is 30.0 Å². The number of carbonyl (C=O) groups is 1. The van der Waals surface area contributed by atoms with Gasteiger partial charge in [-0.15, -0.1) is 0 Å². The van der Waals surface area contributed by atoms with Crippen LogP contribution in [0.5, 0.6) is 0 Å². The molecule has 3 rings (SSSR count). The highest BCUT2D eigenvalue weighted by Crippen LogP contribution is 2.24. The minimum absolute atomic E-state index is 0.167. The predicted octanol–water partition coefficient (Wildman–Crippen LogP) is 1.38. The maximum Gasteiger partial charge on any atom is 0.291 e. The molecular weight excluding hydrogens is 342 g/mol. The van der Waals surface area contributed by atoms with Crippen molar-refractivity contribution < 1.29 is 4.79 Å². The Morgan fingerprint density at radius 1 is 1.33 bits per heavy atom. The molecule has 2 aromatic rings. The topological polar surface area (TPSA) is 79.2 Å². The van der Waals surface area contributed by atoms with Crippen molar-refractivity contribution in [2.24, 2.45) is 0 Å². The second kappa shape index (κ2) is 8.04. The van der Waals surface area contributed by atoms with Gasteiger partial charge in [-0.3, -0.25) is 9.48 Å². The Labute approximate surface area is 160 Å². The number of carbonyl (C=O) groups excluding carboxylic acids is 1. The Kier molecular flexibility index (Phi) is 5.74. The van der Waals surface area contributed by atoms with Gasteiger partial charge in [-0.1, -0.05) is 0 Å². The number of aryl methyl sites for hydroxylation is 2. The molecule has 1 saturated heterocycles. The molecule has 8 heteroatoms. The van der Waals surface area contributed by atoms with E-state index in [1.54, 1.807) is 14.1 Å². The lowest BCUT2D eigenvalue weighted by atomic mass is 10.2. The molecule has 0 aromatic carbocycles. The molecule has 0 spiro atoms. The molecule has 2 aromatic heterocycles. The summed E-state index contributed by atoms with van der Waals surface area (Å²) >= 11 is 0. The Hall–Kier alpha value is -2.48. The fourth-order valence-electron chi connectivity index (χ4n) is 3.26. The number of nitrogens with zero attached hydrogens (tertiary/aromatic N) is 6. The monoisotopic (exact) mass is 371 g/mol. The summed E-state index contributed by atoms with van der Waals surface area (Å²) in [6.07, 6.45) is 3.04. The molecule has 1 aliphatic heterocycles. The first kappa shape index (κ1) is 19.3. The Balaban J connectivity index is 1.68. The summed E-state index contributed by atoms with van der Waals surface area (Å²) in [6.45, 7) is 9.46. The van der Waals surface area contributed by atoms with E-state index in [2.05, 4.69) is 38.3 Å². The second-order valence-electron chi connectivity index (χ2n) is 7.26. The van der Waals surface area contributed by atoms with Gasteiger partial charge in [-0.2, -0.15) is 5.10 Å². The minimum atomic E-state index is -0.167. The summed E-state index contributed by atoms with van der Waals surface area (Å²) in [7, 11) is 3.44. The van der Waals surface area contributed by atoms with Gasteiger partial charge in [-0.25, -0.2) is 9.97 Å². The summed E-state index contributed by atoms with van der Waals surface area (Å²) in [5.74, 6) is 0.964. The number of hydrogen-bond donors (Lipinski definition) is 1. The number of rotatable bonds is 6. The van der Waals surface area contributed by atoms with Gasteiger partial charge in [0.05, 0.1) is 5.69 Å². The van der Waals surface area contributed by atoms with Gasteiger partial charge < -0.3 is 15.1 Å². The van der Waals surface area contributed by atoms with E-state index in [9.17, 15) is 4.79 Å². The fourth-order valence-corrected chi connectivity index (χ4v) is 3.26. The van der Waals surface area contributed by atoms with E-state index in [1.165, 1.54) is 4.90 Å². The molecule has 0 bridgehead atoms. The van der Waals surface area contributed by atoms with Gasteiger partial charge in [0.15, 0.2) is 0 Å².